The maximum absolute atomic E-state index is 5.99. The number of hydrogen-bond donors (Lipinski definition) is 1. The second kappa shape index (κ2) is 9.45. The highest BCUT2D eigenvalue weighted by atomic mass is 35.5. The summed E-state index contributed by atoms with van der Waals surface area (Å²) >= 11 is 5.99. The van der Waals surface area contributed by atoms with Crippen molar-refractivity contribution in [3.8, 4) is 0 Å². The lowest BCUT2D eigenvalue weighted by Crippen LogP contribution is -2.40. The van der Waals surface area contributed by atoms with Crippen LogP contribution in [-0.2, 0) is 0 Å². The number of rotatable bonds is 9. The van der Waals surface area contributed by atoms with Crippen molar-refractivity contribution in [2.24, 2.45) is 5.92 Å². The van der Waals surface area contributed by atoms with Crippen LogP contribution in [0.5, 0.6) is 0 Å². The number of halogens is 1. The third-order valence-electron chi connectivity index (χ3n) is 3.92. The molecular weight excluding hydrogens is 280 g/mol. The lowest BCUT2D eigenvalue weighted by molar-refractivity contribution is 0.239. The molecule has 0 radical (unpaired) electrons. The monoisotopic (exact) mass is 310 g/mol. The Labute approximate surface area is 135 Å². The largest absolute Gasteiger partial charge is 0.308 e. The van der Waals surface area contributed by atoms with Crippen molar-refractivity contribution in [1.29, 1.82) is 0 Å². The Morgan fingerprint density at radius 1 is 1.14 bits per heavy atom. The summed E-state index contributed by atoms with van der Waals surface area (Å²) in [5.74, 6) is 0.722. The predicted molar refractivity (Wildman–Crippen MR) is 94.0 cm³/mol. The van der Waals surface area contributed by atoms with Gasteiger partial charge in [-0.25, -0.2) is 0 Å². The van der Waals surface area contributed by atoms with E-state index in [4.69, 9.17) is 11.6 Å². The highest BCUT2D eigenvalue weighted by Gasteiger charge is 2.16. The molecule has 0 fully saturated rings. The zero-order valence-electron chi connectivity index (χ0n) is 14.2. The molecule has 0 saturated heterocycles. The maximum Gasteiger partial charge on any atom is 0.0406 e. The zero-order chi connectivity index (χ0) is 15.8. The molecule has 1 aromatic rings. The van der Waals surface area contributed by atoms with Gasteiger partial charge >= 0.3 is 0 Å². The van der Waals surface area contributed by atoms with Crippen LogP contribution in [0.1, 0.15) is 51.6 Å². The van der Waals surface area contributed by atoms with Crippen LogP contribution < -0.4 is 5.32 Å². The van der Waals surface area contributed by atoms with Crippen molar-refractivity contribution in [2.75, 3.05) is 20.6 Å². The number of nitrogens with one attached hydrogen (secondary N) is 1. The zero-order valence-corrected chi connectivity index (χ0v) is 15.0. The molecule has 0 aromatic heterocycles. The Morgan fingerprint density at radius 3 is 2.24 bits per heavy atom. The van der Waals surface area contributed by atoms with Gasteiger partial charge in [-0.15, -0.1) is 0 Å². The number of benzene rings is 1. The molecule has 0 aliphatic heterocycles. The lowest BCUT2D eigenvalue weighted by Gasteiger charge is -2.29. The van der Waals surface area contributed by atoms with Crippen LogP contribution in [-0.4, -0.2) is 31.6 Å². The van der Waals surface area contributed by atoms with Crippen molar-refractivity contribution in [3.05, 3.63) is 34.9 Å². The molecule has 2 atom stereocenters. The van der Waals surface area contributed by atoms with Gasteiger partial charge < -0.3 is 10.2 Å². The van der Waals surface area contributed by atoms with Crippen molar-refractivity contribution in [1.82, 2.24) is 10.2 Å². The van der Waals surface area contributed by atoms with Gasteiger partial charge in [-0.05, 0) is 50.6 Å². The SMILES string of the molecule is CCCC(NCC(CC(C)C)N(C)C)c1ccc(Cl)cc1. The minimum absolute atomic E-state index is 0.418. The van der Waals surface area contributed by atoms with E-state index in [2.05, 4.69) is 57.2 Å². The van der Waals surface area contributed by atoms with E-state index in [0.717, 1.165) is 23.9 Å². The van der Waals surface area contributed by atoms with E-state index >= 15 is 0 Å². The normalized spacial score (nSPS) is 14.7. The molecule has 0 aliphatic rings. The van der Waals surface area contributed by atoms with Gasteiger partial charge in [0, 0.05) is 23.7 Å². The van der Waals surface area contributed by atoms with Crippen molar-refractivity contribution >= 4 is 11.6 Å². The Morgan fingerprint density at radius 2 is 1.76 bits per heavy atom. The molecule has 2 unspecified atom stereocenters. The van der Waals surface area contributed by atoms with Gasteiger partial charge in [-0.3, -0.25) is 0 Å². The van der Waals surface area contributed by atoms with Gasteiger partial charge in [0.05, 0.1) is 0 Å². The molecule has 2 nitrogen and oxygen atoms in total. The van der Waals surface area contributed by atoms with Crippen molar-refractivity contribution in [2.45, 2.75) is 52.1 Å². The first kappa shape index (κ1) is 18.5. The summed E-state index contributed by atoms with van der Waals surface area (Å²) < 4.78 is 0. The molecule has 1 rings (SSSR count). The topological polar surface area (TPSA) is 15.3 Å². The highest BCUT2D eigenvalue weighted by molar-refractivity contribution is 6.30. The molecule has 0 spiro atoms. The van der Waals surface area contributed by atoms with Crippen LogP contribution in [0.4, 0.5) is 0 Å². The Hall–Kier alpha value is -0.570. The minimum atomic E-state index is 0.418. The summed E-state index contributed by atoms with van der Waals surface area (Å²) in [6.45, 7) is 7.85. The Kier molecular flexibility index (Phi) is 8.31. The first-order valence-electron chi connectivity index (χ1n) is 8.09. The first-order valence-corrected chi connectivity index (χ1v) is 8.47. The number of likely N-dealkylation sites (N-methyl/N-ethyl adjacent to an activating group) is 1. The summed E-state index contributed by atoms with van der Waals surface area (Å²) in [4.78, 5) is 2.33. The van der Waals surface area contributed by atoms with Crippen LogP contribution in [0.25, 0.3) is 0 Å². The second-order valence-corrected chi connectivity index (χ2v) is 6.98. The van der Waals surface area contributed by atoms with Crippen molar-refractivity contribution < 1.29 is 0 Å². The lowest BCUT2D eigenvalue weighted by atomic mass is 9.99. The fourth-order valence-electron chi connectivity index (χ4n) is 2.67. The van der Waals surface area contributed by atoms with E-state index < -0.39 is 0 Å². The predicted octanol–water partition coefficient (Wildman–Crippen LogP) is 4.75. The van der Waals surface area contributed by atoms with Gasteiger partial charge in [-0.2, -0.15) is 0 Å². The van der Waals surface area contributed by atoms with Gasteiger partial charge in [0.15, 0.2) is 0 Å². The Bertz CT molecular complexity index is 387. The molecule has 21 heavy (non-hydrogen) atoms. The van der Waals surface area contributed by atoms with Gasteiger partial charge in [0.1, 0.15) is 0 Å². The summed E-state index contributed by atoms with van der Waals surface area (Å²) in [5, 5.41) is 4.56. The van der Waals surface area contributed by atoms with E-state index in [1.54, 1.807) is 0 Å². The fourth-order valence-corrected chi connectivity index (χ4v) is 2.80. The van der Waals surface area contributed by atoms with E-state index in [0.29, 0.717) is 12.1 Å². The molecule has 0 saturated carbocycles. The summed E-state index contributed by atoms with van der Waals surface area (Å²) in [6.07, 6.45) is 3.56. The van der Waals surface area contributed by atoms with Gasteiger partial charge in [-0.1, -0.05) is 50.9 Å². The van der Waals surface area contributed by atoms with Crippen LogP contribution >= 0.6 is 11.6 Å². The quantitative estimate of drug-likeness (QED) is 0.708. The maximum atomic E-state index is 5.99. The molecule has 3 heteroatoms. The molecule has 1 N–H and O–H groups in total. The second-order valence-electron chi connectivity index (χ2n) is 6.55. The third kappa shape index (κ3) is 6.82. The average Bonchev–Trinajstić information content (AvgIpc) is 2.42. The molecule has 120 valence electrons. The molecule has 1 aromatic carbocycles. The standard InChI is InChI=1S/C18H31ClN2/c1-6-7-18(15-8-10-16(19)11-9-15)20-13-17(21(4)5)12-14(2)3/h8-11,14,17-18,20H,6-7,12-13H2,1-5H3. The van der Waals surface area contributed by atoms with Gasteiger partial charge in [0.2, 0.25) is 0 Å². The van der Waals surface area contributed by atoms with Crippen LogP contribution in [0.3, 0.4) is 0 Å². The highest BCUT2D eigenvalue weighted by Crippen LogP contribution is 2.21. The van der Waals surface area contributed by atoms with Crippen LogP contribution in [0.15, 0.2) is 24.3 Å². The van der Waals surface area contributed by atoms with Crippen LogP contribution in [0, 0.1) is 5.92 Å². The molecular formula is C18H31ClN2. The molecule has 0 heterocycles. The molecule has 0 bridgehead atoms. The molecule has 0 amide bonds. The minimum Gasteiger partial charge on any atom is -0.308 e. The average molecular weight is 311 g/mol. The summed E-state index contributed by atoms with van der Waals surface area (Å²) in [6, 6.07) is 9.25. The number of hydrogen-bond acceptors (Lipinski definition) is 2. The Balaban J connectivity index is 2.67. The van der Waals surface area contributed by atoms with Gasteiger partial charge in [0.25, 0.3) is 0 Å². The smallest absolute Gasteiger partial charge is 0.0406 e. The first-order chi connectivity index (χ1) is 9.93. The van der Waals surface area contributed by atoms with E-state index in [9.17, 15) is 0 Å². The fraction of sp³-hybridized carbons (Fsp3) is 0.667. The van der Waals surface area contributed by atoms with Crippen LogP contribution in [0.2, 0.25) is 5.02 Å². The summed E-state index contributed by atoms with van der Waals surface area (Å²) in [7, 11) is 4.34. The van der Waals surface area contributed by atoms with Crippen molar-refractivity contribution in [3.63, 3.8) is 0 Å². The summed E-state index contributed by atoms with van der Waals surface area (Å²) in [5.41, 5.74) is 1.34. The third-order valence-corrected chi connectivity index (χ3v) is 4.18. The number of nitrogens with zero attached hydrogens (tertiary/aromatic N) is 1. The van der Waals surface area contributed by atoms with E-state index in [1.165, 1.54) is 18.4 Å². The molecule has 0 aliphatic carbocycles. The van der Waals surface area contributed by atoms with E-state index in [1.807, 2.05) is 12.1 Å². The van der Waals surface area contributed by atoms with E-state index in [-0.39, 0.29) is 0 Å².